The molecule has 2 rings (SSSR count). The smallest absolute Gasteiger partial charge is 0.267 e. The molecule has 0 N–H and O–H groups in total. The fraction of sp³-hybridized carbons (Fsp3) is 0.385. The van der Waals surface area contributed by atoms with E-state index in [0.29, 0.717) is 16.0 Å². The number of aryl methyl sites for hydroxylation is 1. The molecular formula is C13H15N2OS. The van der Waals surface area contributed by atoms with E-state index in [1.165, 1.54) is 0 Å². The maximum atomic E-state index is 12.0. The normalized spacial score (nSPS) is 21.5. The standard InChI is InChI=1S/C13H15N2OS/c1-3-10-8-14-13(17-10)15-12(16)11-7-5-4-6-9(11)2/h4-7,10H,3,8H2,1-2H3. The molecule has 89 valence electrons. The van der Waals surface area contributed by atoms with Crippen LogP contribution in [0.2, 0.25) is 0 Å². The number of carbonyl (C=O) groups is 1. The number of carbonyl (C=O) groups excluding carboxylic acids is 1. The largest absolute Gasteiger partial charge is 0.279 e. The number of benzene rings is 1. The summed E-state index contributed by atoms with van der Waals surface area (Å²) in [6.45, 7) is 4.82. The summed E-state index contributed by atoms with van der Waals surface area (Å²) < 4.78 is 0. The van der Waals surface area contributed by atoms with Crippen molar-refractivity contribution in [1.29, 1.82) is 0 Å². The van der Waals surface area contributed by atoms with E-state index < -0.39 is 0 Å². The monoisotopic (exact) mass is 247 g/mol. The van der Waals surface area contributed by atoms with Crippen molar-refractivity contribution in [1.82, 2.24) is 5.32 Å². The molecule has 4 heteroatoms. The molecule has 1 aromatic rings. The summed E-state index contributed by atoms with van der Waals surface area (Å²) in [7, 11) is 0. The van der Waals surface area contributed by atoms with E-state index in [9.17, 15) is 4.79 Å². The van der Waals surface area contributed by atoms with Crippen LogP contribution in [-0.2, 0) is 0 Å². The van der Waals surface area contributed by atoms with Gasteiger partial charge < -0.3 is 0 Å². The van der Waals surface area contributed by atoms with Gasteiger partial charge in [0.25, 0.3) is 5.91 Å². The fourth-order valence-electron chi connectivity index (χ4n) is 1.64. The molecule has 1 heterocycles. The lowest BCUT2D eigenvalue weighted by atomic mass is 10.1. The summed E-state index contributed by atoms with van der Waals surface area (Å²) in [4.78, 5) is 16.0. The summed E-state index contributed by atoms with van der Waals surface area (Å²) >= 11 is 1.60. The Bertz CT molecular complexity index is 456. The van der Waals surface area contributed by atoms with Crippen molar-refractivity contribution >= 4 is 22.8 Å². The topological polar surface area (TPSA) is 43.5 Å². The van der Waals surface area contributed by atoms with E-state index in [4.69, 9.17) is 0 Å². The van der Waals surface area contributed by atoms with Gasteiger partial charge in [-0.25, -0.2) is 0 Å². The molecule has 1 unspecified atom stereocenters. The van der Waals surface area contributed by atoms with Gasteiger partial charge >= 0.3 is 0 Å². The van der Waals surface area contributed by atoms with E-state index >= 15 is 0 Å². The van der Waals surface area contributed by atoms with E-state index in [1.807, 2.05) is 25.1 Å². The number of hydrogen-bond donors (Lipinski definition) is 0. The summed E-state index contributed by atoms with van der Waals surface area (Å²) in [6, 6.07) is 7.50. The average molecular weight is 247 g/mol. The quantitative estimate of drug-likeness (QED) is 0.806. The molecule has 0 spiro atoms. The molecule has 1 radical (unpaired) electrons. The van der Waals surface area contributed by atoms with Crippen LogP contribution in [-0.4, -0.2) is 22.9 Å². The molecule has 0 aromatic heterocycles. The van der Waals surface area contributed by atoms with Gasteiger partial charge in [0, 0.05) is 10.8 Å². The van der Waals surface area contributed by atoms with Crippen molar-refractivity contribution in [2.24, 2.45) is 4.99 Å². The minimum atomic E-state index is -0.189. The van der Waals surface area contributed by atoms with Crippen molar-refractivity contribution in [2.45, 2.75) is 25.5 Å². The van der Waals surface area contributed by atoms with Gasteiger partial charge in [0.15, 0.2) is 5.17 Å². The number of hydrogen-bond acceptors (Lipinski definition) is 2. The van der Waals surface area contributed by atoms with Gasteiger partial charge in [-0.05, 0) is 25.0 Å². The molecule has 0 saturated carbocycles. The van der Waals surface area contributed by atoms with E-state index in [2.05, 4.69) is 17.2 Å². The highest BCUT2D eigenvalue weighted by Gasteiger charge is 2.22. The van der Waals surface area contributed by atoms with Crippen LogP contribution in [0.15, 0.2) is 29.3 Å². The number of rotatable bonds is 2. The Hall–Kier alpha value is -1.29. The Balaban J connectivity index is 2.12. The first-order valence-corrected chi connectivity index (χ1v) is 6.61. The molecular weight excluding hydrogens is 232 g/mol. The lowest BCUT2D eigenvalue weighted by Crippen LogP contribution is -2.09. The molecule has 1 aliphatic rings. The Kier molecular flexibility index (Phi) is 3.84. The maximum absolute atomic E-state index is 12.0. The van der Waals surface area contributed by atoms with Gasteiger partial charge in [0.2, 0.25) is 0 Å². The average Bonchev–Trinajstić information content (AvgIpc) is 2.77. The molecule has 1 atom stereocenters. The van der Waals surface area contributed by atoms with Gasteiger partial charge in [-0.15, -0.1) is 0 Å². The summed E-state index contributed by atoms with van der Waals surface area (Å²) in [6.07, 6.45) is 1.06. The van der Waals surface area contributed by atoms with Crippen LogP contribution in [0, 0.1) is 6.92 Å². The lowest BCUT2D eigenvalue weighted by Gasteiger charge is -2.00. The minimum absolute atomic E-state index is 0.189. The van der Waals surface area contributed by atoms with Crippen molar-refractivity contribution < 1.29 is 4.79 Å². The number of thioether (sulfide) groups is 1. The third-order valence-corrected chi connectivity index (χ3v) is 3.98. The third-order valence-electron chi connectivity index (χ3n) is 2.73. The number of nitrogens with zero attached hydrogens (tertiary/aromatic N) is 2. The highest BCUT2D eigenvalue weighted by Crippen LogP contribution is 2.22. The van der Waals surface area contributed by atoms with Crippen molar-refractivity contribution in [3.63, 3.8) is 0 Å². The zero-order valence-corrected chi connectivity index (χ0v) is 10.8. The second-order valence-electron chi connectivity index (χ2n) is 4.00. The Morgan fingerprint density at radius 3 is 2.94 bits per heavy atom. The Labute approximate surface area is 106 Å². The van der Waals surface area contributed by atoms with Gasteiger partial charge in [0.05, 0.1) is 6.54 Å². The van der Waals surface area contributed by atoms with Crippen molar-refractivity contribution in [2.75, 3.05) is 6.54 Å². The Morgan fingerprint density at radius 1 is 1.53 bits per heavy atom. The molecule has 0 bridgehead atoms. The van der Waals surface area contributed by atoms with Crippen LogP contribution >= 0.6 is 11.8 Å². The van der Waals surface area contributed by atoms with Crippen LogP contribution in [0.1, 0.15) is 29.3 Å². The zero-order valence-electron chi connectivity index (χ0n) is 10.0. The molecule has 17 heavy (non-hydrogen) atoms. The van der Waals surface area contributed by atoms with Crippen LogP contribution in [0.25, 0.3) is 0 Å². The molecule has 1 fully saturated rings. The Morgan fingerprint density at radius 2 is 2.29 bits per heavy atom. The van der Waals surface area contributed by atoms with Crippen LogP contribution in [0.3, 0.4) is 0 Å². The van der Waals surface area contributed by atoms with Gasteiger partial charge in [-0.1, -0.05) is 36.9 Å². The van der Waals surface area contributed by atoms with Crippen molar-refractivity contribution in [3.8, 4) is 0 Å². The number of aliphatic imine (C=N–C) groups is 1. The second-order valence-corrected chi connectivity index (χ2v) is 5.27. The first-order chi connectivity index (χ1) is 8.20. The first-order valence-electron chi connectivity index (χ1n) is 5.73. The van der Waals surface area contributed by atoms with Crippen molar-refractivity contribution in [3.05, 3.63) is 35.4 Å². The maximum Gasteiger partial charge on any atom is 0.279 e. The minimum Gasteiger partial charge on any atom is -0.267 e. The summed E-state index contributed by atoms with van der Waals surface area (Å²) in [5.41, 5.74) is 1.62. The highest BCUT2D eigenvalue weighted by molar-refractivity contribution is 8.14. The molecule has 1 aliphatic heterocycles. The van der Waals surface area contributed by atoms with E-state index in [1.54, 1.807) is 17.8 Å². The molecule has 1 aromatic carbocycles. The fourth-order valence-corrected chi connectivity index (χ4v) is 2.54. The predicted molar refractivity (Wildman–Crippen MR) is 71.6 cm³/mol. The molecule has 1 saturated heterocycles. The molecule has 0 aliphatic carbocycles. The van der Waals surface area contributed by atoms with Gasteiger partial charge in [-0.3, -0.25) is 10.1 Å². The summed E-state index contributed by atoms with van der Waals surface area (Å²) in [5.74, 6) is -0.189. The lowest BCUT2D eigenvalue weighted by molar-refractivity contribution is 0.100. The summed E-state index contributed by atoms with van der Waals surface area (Å²) in [5, 5.41) is 5.39. The third kappa shape index (κ3) is 2.88. The van der Waals surface area contributed by atoms with Crippen LogP contribution < -0.4 is 5.32 Å². The highest BCUT2D eigenvalue weighted by atomic mass is 32.2. The van der Waals surface area contributed by atoms with Crippen LogP contribution in [0.5, 0.6) is 0 Å². The van der Waals surface area contributed by atoms with E-state index in [0.717, 1.165) is 18.5 Å². The molecule has 3 nitrogen and oxygen atoms in total. The SMILES string of the molecule is CCC1C[N]C(=NC(=O)c2ccccc2C)S1. The number of amidine groups is 1. The van der Waals surface area contributed by atoms with Gasteiger partial charge in [-0.2, -0.15) is 4.99 Å². The van der Waals surface area contributed by atoms with Gasteiger partial charge in [0.1, 0.15) is 0 Å². The van der Waals surface area contributed by atoms with E-state index in [-0.39, 0.29) is 5.91 Å². The molecule has 1 amide bonds. The number of amides is 1. The first kappa shape index (κ1) is 12.2. The van der Waals surface area contributed by atoms with Crippen LogP contribution in [0.4, 0.5) is 0 Å². The second kappa shape index (κ2) is 5.36. The zero-order chi connectivity index (χ0) is 12.3. The predicted octanol–water partition coefficient (Wildman–Crippen LogP) is 2.62.